The van der Waals surface area contributed by atoms with Crippen molar-refractivity contribution in [1.29, 1.82) is 0 Å². The van der Waals surface area contributed by atoms with E-state index in [1.54, 1.807) is 0 Å². The maximum atomic E-state index is 13.7. The molecule has 0 N–H and O–H groups in total. The van der Waals surface area contributed by atoms with Crippen LogP contribution in [-0.4, -0.2) is 7.11 Å². The Morgan fingerprint density at radius 1 is 0.591 bits per heavy atom. The molecule has 0 amide bonds. The van der Waals surface area contributed by atoms with Crippen LogP contribution in [0.3, 0.4) is 0 Å². The van der Waals surface area contributed by atoms with Crippen LogP contribution < -0.4 is 4.74 Å². The first kappa shape index (κ1) is 16.1. The van der Waals surface area contributed by atoms with Crippen LogP contribution in [0.2, 0.25) is 0 Å². The standard InChI is InChI=1S/C13H3F8O/c1-22-13-11(20)9(18)6(10(19)12(13)21)5-7(16)3(14)2-4(15)8(5)17/h1H3. The zero-order valence-corrected chi connectivity index (χ0v) is 10.4. The first-order valence-corrected chi connectivity index (χ1v) is 5.37. The van der Waals surface area contributed by atoms with Crippen molar-refractivity contribution in [2.45, 2.75) is 0 Å². The van der Waals surface area contributed by atoms with Crippen molar-refractivity contribution in [3.05, 3.63) is 52.6 Å². The summed E-state index contributed by atoms with van der Waals surface area (Å²) in [4.78, 5) is 0. The lowest BCUT2D eigenvalue weighted by Crippen LogP contribution is -2.08. The van der Waals surface area contributed by atoms with Crippen LogP contribution in [0.4, 0.5) is 35.1 Å². The molecular formula is C13H3F8O. The van der Waals surface area contributed by atoms with Gasteiger partial charge in [-0.15, -0.1) is 0 Å². The van der Waals surface area contributed by atoms with Crippen molar-refractivity contribution >= 4 is 0 Å². The summed E-state index contributed by atoms with van der Waals surface area (Å²) >= 11 is 0. The summed E-state index contributed by atoms with van der Waals surface area (Å²) in [5, 5.41) is 0. The minimum absolute atomic E-state index is 0.679. The van der Waals surface area contributed by atoms with Crippen LogP contribution in [0.1, 0.15) is 0 Å². The number of hydrogen-bond donors (Lipinski definition) is 0. The summed E-state index contributed by atoms with van der Waals surface area (Å²) in [6, 6.07) is 0.967. The molecule has 1 nitrogen and oxygen atoms in total. The van der Waals surface area contributed by atoms with E-state index in [2.05, 4.69) is 4.74 Å². The van der Waals surface area contributed by atoms with Gasteiger partial charge in [0.05, 0.1) is 24.3 Å². The van der Waals surface area contributed by atoms with Crippen molar-refractivity contribution in [2.75, 3.05) is 7.11 Å². The lowest BCUT2D eigenvalue weighted by Gasteiger charge is -2.13. The average molecular weight is 327 g/mol. The molecule has 2 rings (SSSR count). The molecule has 0 bridgehead atoms. The van der Waals surface area contributed by atoms with Crippen molar-refractivity contribution in [2.24, 2.45) is 0 Å². The van der Waals surface area contributed by atoms with Crippen molar-refractivity contribution < 1.29 is 39.9 Å². The van der Waals surface area contributed by atoms with Crippen LogP contribution >= 0.6 is 0 Å². The van der Waals surface area contributed by atoms with E-state index < -0.39 is 63.4 Å². The van der Waals surface area contributed by atoms with Gasteiger partial charge in [0.25, 0.3) is 0 Å². The molecule has 0 atom stereocenters. The molecule has 0 aromatic heterocycles. The normalized spacial score (nSPS) is 11.0. The van der Waals surface area contributed by atoms with E-state index in [0.717, 1.165) is 6.07 Å². The Hall–Kier alpha value is -2.32. The first-order chi connectivity index (χ1) is 10.2. The van der Waals surface area contributed by atoms with Gasteiger partial charge in [0, 0.05) is 0 Å². The van der Waals surface area contributed by atoms with Gasteiger partial charge in [0.15, 0.2) is 40.7 Å². The van der Waals surface area contributed by atoms with Gasteiger partial charge in [-0.2, -0.15) is 8.78 Å². The van der Waals surface area contributed by atoms with Gasteiger partial charge >= 0.3 is 0 Å². The molecule has 0 saturated carbocycles. The molecular weight excluding hydrogens is 324 g/mol. The van der Waals surface area contributed by atoms with E-state index in [1.165, 1.54) is 0 Å². The third-order valence-electron chi connectivity index (χ3n) is 2.72. The molecule has 22 heavy (non-hydrogen) atoms. The highest BCUT2D eigenvalue weighted by Crippen LogP contribution is 2.38. The maximum Gasteiger partial charge on any atom is 0.204 e. The summed E-state index contributed by atoms with van der Waals surface area (Å²) in [7, 11) is 0.679. The van der Waals surface area contributed by atoms with E-state index in [0.29, 0.717) is 7.11 Å². The maximum absolute atomic E-state index is 13.7. The third kappa shape index (κ3) is 2.16. The minimum Gasteiger partial charge on any atom is -0.491 e. The first-order valence-electron chi connectivity index (χ1n) is 5.37. The average Bonchev–Trinajstić information content (AvgIpc) is 2.47. The Labute approximate surface area is 117 Å². The third-order valence-corrected chi connectivity index (χ3v) is 2.72. The van der Waals surface area contributed by atoms with Crippen molar-refractivity contribution in [3.8, 4) is 16.9 Å². The molecule has 0 aliphatic heterocycles. The Morgan fingerprint density at radius 2 is 0.955 bits per heavy atom. The lowest BCUT2D eigenvalue weighted by molar-refractivity contribution is 0.333. The smallest absolute Gasteiger partial charge is 0.204 e. The summed E-state index contributed by atoms with van der Waals surface area (Å²) in [5.74, 6) is -19.1. The van der Waals surface area contributed by atoms with Crippen LogP contribution in [0.25, 0.3) is 11.1 Å². The van der Waals surface area contributed by atoms with Crippen LogP contribution in [0.5, 0.6) is 5.75 Å². The van der Waals surface area contributed by atoms with Crippen LogP contribution in [-0.2, 0) is 0 Å². The Kier molecular flexibility index (Phi) is 3.99. The second-order valence-corrected chi connectivity index (χ2v) is 3.92. The van der Waals surface area contributed by atoms with Crippen molar-refractivity contribution in [1.82, 2.24) is 0 Å². The molecule has 0 aliphatic rings. The molecule has 0 unspecified atom stereocenters. The summed E-state index contributed by atoms with van der Waals surface area (Å²) in [6.07, 6.45) is 0. The second-order valence-electron chi connectivity index (χ2n) is 3.92. The second kappa shape index (κ2) is 5.47. The number of methoxy groups -OCH3 is 1. The highest BCUT2D eigenvalue weighted by atomic mass is 19.2. The molecule has 117 valence electrons. The summed E-state index contributed by atoms with van der Waals surface area (Å²) < 4.78 is 112. The summed E-state index contributed by atoms with van der Waals surface area (Å²) in [5.41, 5.74) is -3.89. The highest BCUT2D eigenvalue weighted by Gasteiger charge is 2.32. The van der Waals surface area contributed by atoms with Gasteiger partial charge in [0.1, 0.15) is 0 Å². The largest absolute Gasteiger partial charge is 0.491 e. The van der Waals surface area contributed by atoms with E-state index >= 15 is 0 Å². The molecule has 0 saturated heterocycles. The number of hydrogen-bond acceptors (Lipinski definition) is 1. The molecule has 1 radical (unpaired) electrons. The SMILES string of the molecule is COc1c(F)c(F)c(-c2c(F)c(F)[c]c(F)c2F)c(F)c1F. The van der Waals surface area contributed by atoms with Crippen LogP contribution in [0, 0.1) is 52.6 Å². The fourth-order valence-electron chi connectivity index (χ4n) is 1.75. The lowest BCUT2D eigenvalue weighted by atomic mass is 10.0. The van der Waals surface area contributed by atoms with Crippen LogP contribution in [0.15, 0.2) is 0 Å². The predicted molar refractivity (Wildman–Crippen MR) is 56.9 cm³/mol. The van der Waals surface area contributed by atoms with E-state index in [-0.39, 0.29) is 0 Å². The fourth-order valence-corrected chi connectivity index (χ4v) is 1.75. The van der Waals surface area contributed by atoms with Gasteiger partial charge in [-0.25, -0.2) is 26.3 Å². The van der Waals surface area contributed by atoms with Gasteiger partial charge in [0.2, 0.25) is 11.6 Å². The predicted octanol–water partition coefficient (Wildman–Crippen LogP) is 4.28. The van der Waals surface area contributed by atoms with E-state index in [4.69, 9.17) is 0 Å². The van der Waals surface area contributed by atoms with Gasteiger partial charge < -0.3 is 4.74 Å². The number of benzene rings is 2. The molecule has 2 aromatic rings. The van der Waals surface area contributed by atoms with Gasteiger partial charge in [-0.05, 0) is 0 Å². The zero-order chi connectivity index (χ0) is 16.8. The number of rotatable bonds is 2. The Balaban J connectivity index is 2.97. The zero-order valence-electron chi connectivity index (χ0n) is 10.4. The number of ether oxygens (including phenoxy) is 1. The van der Waals surface area contributed by atoms with Crippen molar-refractivity contribution in [3.63, 3.8) is 0 Å². The van der Waals surface area contributed by atoms with E-state index in [1.807, 2.05) is 0 Å². The molecule has 0 aliphatic carbocycles. The molecule has 0 spiro atoms. The van der Waals surface area contributed by atoms with Gasteiger partial charge in [-0.3, -0.25) is 0 Å². The van der Waals surface area contributed by atoms with Gasteiger partial charge in [-0.1, -0.05) is 0 Å². The molecule has 9 heteroatoms. The quantitative estimate of drug-likeness (QED) is 0.591. The molecule has 0 heterocycles. The van der Waals surface area contributed by atoms with E-state index in [9.17, 15) is 35.1 Å². The fraction of sp³-hybridized carbons (Fsp3) is 0.0769. The Bertz CT molecular complexity index is 716. The Morgan fingerprint density at radius 3 is 1.32 bits per heavy atom. The number of halogens is 8. The molecule has 0 fully saturated rings. The molecule has 2 aromatic carbocycles. The highest BCUT2D eigenvalue weighted by molar-refractivity contribution is 5.68. The summed E-state index contributed by atoms with van der Waals surface area (Å²) in [6.45, 7) is 0. The minimum atomic E-state index is -2.28. The topological polar surface area (TPSA) is 9.23 Å². The monoisotopic (exact) mass is 327 g/mol.